The summed E-state index contributed by atoms with van der Waals surface area (Å²) in [5.41, 5.74) is -1.13. The van der Waals surface area contributed by atoms with Crippen LogP contribution in [-0.4, -0.2) is 25.3 Å². The lowest BCUT2D eigenvalue weighted by Gasteiger charge is -2.44. The van der Waals surface area contributed by atoms with Gasteiger partial charge in [-0.1, -0.05) is 6.92 Å². The largest absolute Gasteiger partial charge is 0.449 e. The van der Waals surface area contributed by atoms with Crippen LogP contribution < -0.4 is 9.80 Å². The Kier molecular flexibility index (Phi) is 7.48. The van der Waals surface area contributed by atoms with E-state index >= 15 is 0 Å². The number of aryl methyl sites for hydroxylation is 2. The zero-order valence-corrected chi connectivity index (χ0v) is 20.1. The van der Waals surface area contributed by atoms with E-state index in [1.165, 1.54) is 9.80 Å². The number of ether oxygens (including phenoxy) is 1. The topological polar surface area (TPSA) is 56.6 Å². The van der Waals surface area contributed by atoms with Crippen LogP contribution in [0, 0.1) is 25.2 Å². The van der Waals surface area contributed by atoms with Crippen LogP contribution in [0.2, 0.25) is 0 Å². The van der Waals surface area contributed by atoms with Gasteiger partial charge in [0.1, 0.15) is 6.04 Å². The Morgan fingerprint density at radius 3 is 1.97 bits per heavy atom. The van der Waals surface area contributed by atoms with Crippen molar-refractivity contribution in [2.45, 2.75) is 58.6 Å². The third kappa shape index (κ3) is 5.22. The molecule has 0 aliphatic carbocycles. The van der Waals surface area contributed by atoms with Crippen LogP contribution in [-0.2, 0) is 17.1 Å². The number of benzene rings is 2. The molecule has 194 valence electrons. The van der Waals surface area contributed by atoms with Crippen molar-refractivity contribution in [2.24, 2.45) is 0 Å². The molecule has 2 aromatic rings. The SMILES string of the molecule is CCOC(=O)N1c2cc(C)c(C)cc2N([C@H](C#N)c2cc(C(F)(F)F)cc(C(F)(F)F)c2)CC1CC. The number of nitrogens with zero attached hydrogens (tertiary/aromatic N) is 3. The standard InChI is InChI=1S/C25H25F6N3O2/c1-5-19-13-33(20-7-14(3)15(4)8-21(20)34(19)23(35)36-6-2)22(12-32)16-9-17(24(26,27)28)11-18(10-16)25(29,30)31/h7-11,19,22H,5-6,13H2,1-4H3/t19?,22-/m1/s1. The van der Waals surface area contributed by atoms with Crippen LogP contribution in [0.1, 0.15) is 54.1 Å². The van der Waals surface area contributed by atoms with E-state index in [2.05, 4.69) is 0 Å². The number of hydrogen-bond acceptors (Lipinski definition) is 4. The summed E-state index contributed by atoms with van der Waals surface area (Å²) in [6.07, 6.45) is -10.3. The van der Waals surface area contributed by atoms with Gasteiger partial charge < -0.3 is 9.64 Å². The lowest BCUT2D eigenvalue weighted by atomic mass is 9.95. The summed E-state index contributed by atoms with van der Waals surface area (Å²) in [5, 5.41) is 10.0. The fourth-order valence-electron chi connectivity index (χ4n) is 4.27. The van der Waals surface area contributed by atoms with E-state index in [1.54, 1.807) is 32.9 Å². The third-order valence-electron chi connectivity index (χ3n) is 6.23. The average Bonchev–Trinajstić information content (AvgIpc) is 2.79. The van der Waals surface area contributed by atoms with Gasteiger partial charge in [0.05, 0.1) is 41.2 Å². The van der Waals surface area contributed by atoms with Crippen LogP contribution >= 0.6 is 0 Å². The average molecular weight is 513 g/mol. The molecule has 1 amide bonds. The predicted molar refractivity (Wildman–Crippen MR) is 122 cm³/mol. The maximum Gasteiger partial charge on any atom is 0.416 e. The molecule has 0 N–H and O–H groups in total. The highest BCUT2D eigenvalue weighted by molar-refractivity contribution is 5.95. The third-order valence-corrected chi connectivity index (χ3v) is 6.23. The minimum Gasteiger partial charge on any atom is -0.449 e. The lowest BCUT2D eigenvalue weighted by molar-refractivity contribution is -0.143. The molecule has 0 aromatic heterocycles. The quantitative estimate of drug-likeness (QED) is 0.407. The van der Waals surface area contributed by atoms with Crippen LogP contribution in [0.5, 0.6) is 0 Å². The number of amides is 1. The monoisotopic (exact) mass is 513 g/mol. The number of halogens is 6. The lowest BCUT2D eigenvalue weighted by Crippen LogP contribution is -2.52. The molecule has 5 nitrogen and oxygen atoms in total. The highest BCUT2D eigenvalue weighted by Gasteiger charge is 2.41. The molecule has 0 bridgehead atoms. The van der Waals surface area contributed by atoms with Crippen molar-refractivity contribution in [3.63, 3.8) is 0 Å². The first-order valence-corrected chi connectivity index (χ1v) is 11.3. The summed E-state index contributed by atoms with van der Waals surface area (Å²) in [6.45, 7) is 7.13. The van der Waals surface area contributed by atoms with Gasteiger partial charge in [-0.3, -0.25) is 4.90 Å². The minimum absolute atomic E-state index is 0.000634. The van der Waals surface area contributed by atoms with E-state index in [-0.39, 0.29) is 19.2 Å². The van der Waals surface area contributed by atoms with Gasteiger partial charge in [0.25, 0.3) is 0 Å². The summed E-state index contributed by atoms with van der Waals surface area (Å²) in [5.74, 6) is 0. The van der Waals surface area contributed by atoms with Gasteiger partial charge >= 0.3 is 18.4 Å². The van der Waals surface area contributed by atoms with Crippen LogP contribution in [0.3, 0.4) is 0 Å². The Hall–Kier alpha value is -3.42. The van der Waals surface area contributed by atoms with Crippen molar-refractivity contribution >= 4 is 17.5 Å². The predicted octanol–water partition coefficient (Wildman–Crippen LogP) is 7.17. The molecular weight excluding hydrogens is 488 g/mol. The first kappa shape index (κ1) is 27.2. The van der Waals surface area contributed by atoms with Gasteiger partial charge in [-0.05, 0) is 74.2 Å². The molecule has 36 heavy (non-hydrogen) atoms. The van der Waals surface area contributed by atoms with Crippen molar-refractivity contribution < 1.29 is 35.9 Å². The van der Waals surface area contributed by atoms with Crippen LogP contribution in [0.15, 0.2) is 30.3 Å². The van der Waals surface area contributed by atoms with E-state index in [0.29, 0.717) is 29.9 Å². The maximum absolute atomic E-state index is 13.5. The Morgan fingerprint density at radius 1 is 1.00 bits per heavy atom. The molecule has 0 radical (unpaired) electrons. The molecule has 1 unspecified atom stereocenters. The zero-order chi connectivity index (χ0) is 27.0. The van der Waals surface area contributed by atoms with Crippen molar-refractivity contribution in [1.29, 1.82) is 5.26 Å². The van der Waals surface area contributed by atoms with Crippen LogP contribution in [0.4, 0.5) is 42.5 Å². The number of anilines is 2. The molecule has 0 saturated heterocycles. The molecule has 11 heteroatoms. The van der Waals surface area contributed by atoms with Crippen LogP contribution in [0.25, 0.3) is 0 Å². The van der Waals surface area contributed by atoms with E-state index in [9.17, 15) is 36.4 Å². The summed E-state index contributed by atoms with van der Waals surface area (Å²) < 4.78 is 86.1. The van der Waals surface area contributed by atoms with Gasteiger partial charge in [0.2, 0.25) is 0 Å². The molecule has 3 rings (SSSR count). The maximum atomic E-state index is 13.5. The molecule has 1 aliphatic heterocycles. The second-order valence-electron chi connectivity index (χ2n) is 8.58. The van der Waals surface area contributed by atoms with E-state index < -0.39 is 47.2 Å². The highest BCUT2D eigenvalue weighted by Crippen LogP contribution is 2.44. The normalized spacial score (nSPS) is 16.9. The molecule has 2 atom stereocenters. The van der Waals surface area contributed by atoms with E-state index in [4.69, 9.17) is 4.74 Å². The number of hydrogen-bond donors (Lipinski definition) is 0. The minimum atomic E-state index is -5.05. The molecule has 0 spiro atoms. The number of rotatable bonds is 4. The van der Waals surface area contributed by atoms with E-state index in [1.807, 2.05) is 13.0 Å². The van der Waals surface area contributed by atoms with Gasteiger partial charge in [-0.2, -0.15) is 31.6 Å². The molecule has 1 heterocycles. The number of nitriles is 1. The number of carbonyl (C=O) groups is 1. The van der Waals surface area contributed by atoms with E-state index in [0.717, 1.165) is 11.1 Å². The summed E-state index contributed by atoms with van der Waals surface area (Å²) >= 11 is 0. The second kappa shape index (κ2) is 9.91. The van der Waals surface area contributed by atoms with Gasteiger partial charge in [0, 0.05) is 6.54 Å². The molecule has 2 aromatic carbocycles. The summed E-state index contributed by atoms with van der Waals surface area (Å²) in [7, 11) is 0. The number of alkyl halides is 6. The first-order chi connectivity index (χ1) is 16.7. The fraction of sp³-hybridized carbons (Fsp3) is 0.440. The van der Waals surface area contributed by atoms with Crippen molar-refractivity contribution in [3.8, 4) is 6.07 Å². The Labute approximate surface area is 204 Å². The van der Waals surface area contributed by atoms with Gasteiger partial charge in [0.15, 0.2) is 0 Å². The number of carbonyl (C=O) groups excluding carboxylic acids is 1. The second-order valence-corrected chi connectivity index (χ2v) is 8.58. The van der Waals surface area contributed by atoms with Gasteiger partial charge in [-0.15, -0.1) is 0 Å². The molecular formula is C25H25F6N3O2. The molecule has 1 aliphatic rings. The molecule has 0 fully saturated rings. The van der Waals surface area contributed by atoms with Crippen molar-refractivity contribution in [1.82, 2.24) is 0 Å². The molecule has 0 saturated carbocycles. The fourth-order valence-corrected chi connectivity index (χ4v) is 4.27. The van der Waals surface area contributed by atoms with Crippen molar-refractivity contribution in [2.75, 3.05) is 23.0 Å². The first-order valence-electron chi connectivity index (χ1n) is 11.3. The smallest absolute Gasteiger partial charge is 0.416 e. The Balaban J connectivity index is 2.24. The number of fused-ring (bicyclic) bond motifs is 1. The summed E-state index contributed by atoms with van der Waals surface area (Å²) in [4.78, 5) is 15.7. The van der Waals surface area contributed by atoms with Gasteiger partial charge in [-0.25, -0.2) is 4.79 Å². The Bertz CT molecular complexity index is 1150. The van der Waals surface area contributed by atoms with Crippen molar-refractivity contribution in [3.05, 3.63) is 58.1 Å². The summed E-state index contributed by atoms with van der Waals surface area (Å²) in [6, 6.07) is 4.43. The zero-order valence-electron chi connectivity index (χ0n) is 20.1. The Morgan fingerprint density at radius 2 is 1.53 bits per heavy atom. The highest BCUT2D eigenvalue weighted by atomic mass is 19.4.